The number of amides is 1. The molecule has 0 aliphatic rings. The molecule has 3 aromatic rings. The third-order valence-corrected chi connectivity index (χ3v) is 3.36. The second-order valence-electron chi connectivity index (χ2n) is 4.88. The van der Waals surface area contributed by atoms with E-state index in [-0.39, 0.29) is 5.91 Å². The lowest BCUT2D eigenvalue weighted by Crippen LogP contribution is -2.24. The summed E-state index contributed by atoms with van der Waals surface area (Å²) in [5.74, 6) is -0.0760. The number of carbonyl (C=O) groups excluding carboxylic acids is 1. The Labute approximate surface area is 122 Å². The minimum Gasteiger partial charge on any atom is -0.443 e. The lowest BCUT2D eigenvalue weighted by Gasteiger charge is -2.05. The van der Waals surface area contributed by atoms with Gasteiger partial charge in [0.2, 0.25) is 0 Å². The maximum absolute atomic E-state index is 12.1. The molecule has 0 unspecified atom stereocenters. The van der Waals surface area contributed by atoms with Crippen LogP contribution >= 0.6 is 0 Å². The molecule has 0 saturated heterocycles. The van der Waals surface area contributed by atoms with Crippen LogP contribution in [-0.4, -0.2) is 17.4 Å². The van der Waals surface area contributed by atoms with Gasteiger partial charge in [-0.15, -0.1) is 0 Å². The minimum atomic E-state index is -0.0760. The normalized spacial score (nSPS) is 10.7. The Morgan fingerprint density at radius 3 is 2.86 bits per heavy atom. The second-order valence-corrected chi connectivity index (χ2v) is 4.88. The lowest BCUT2D eigenvalue weighted by atomic mass is 10.1. The summed E-state index contributed by atoms with van der Waals surface area (Å²) >= 11 is 0. The van der Waals surface area contributed by atoms with Crippen molar-refractivity contribution in [1.29, 1.82) is 0 Å². The predicted molar refractivity (Wildman–Crippen MR) is 81.1 cm³/mol. The summed E-state index contributed by atoms with van der Waals surface area (Å²) in [6.07, 6.45) is 3.26. The van der Waals surface area contributed by atoms with Gasteiger partial charge in [-0.05, 0) is 36.6 Å². The Balaban J connectivity index is 1.52. The van der Waals surface area contributed by atoms with Crippen molar-refractivity contribution in [2.75, 3.05) is 6.54 Å². The lowest BCUT2D eigenvalue weighted by molar-refractivity contribution is 0.0953. The minimum absolute atomic E-state index is 0.0760. The van der Waals surface area contributed by atoms with Gasteiger partial charge >= 0.3 is 0 Å². The van der Waals surface area contributed by atoms with Crippen LogP contribution in [0.4, 0.5) is 0 Å². The Bertz CT molecular complexity index is 735. The number of aromatic nitrogens is 1. The van der Waals surface area contributed by atoms with E-state index in [0.717, 1.165) is 12.8 Å². The number of nitrogens with one attached hydrogen (secondary N) is 1. The molecule has 21 heavy (non-hydrogen) atoms. The smallest absolute Gasteiger partial charge is 0.251 e. The first-order valence-electron chi connectivity index (χ1n) is 6.98. The molecule has 1 aromatic heterocycles. The quantitative estimate of drug-likeness (QED) is 0.730. The largest absolute Gasteiger partial charge is 0.443 e. The molecule has 1 amide bonds. The molecule has 0 aliphatic heterocycles. The number of hydrogen-bond donors (Lipinski definition) is 1. The fourth-order valence-corrected chi connectivity index (χ4v) is 2.24. The number of hydrogen-bond acceptors (Lipinski definition) is 3. The highest BCUT2D eigenvalue weighted by Gasteiger charge is 2.07. The zero-order valence-electron chi connectivity index (χ0n) is 11.6. The molecule has 4 heteroatoms. The molecule has 0 radical (unpaired) electrons. The van der Waals surface area contributed by atoms with Gasteiger partial charge in [0.05, 0.1) is 0 Å². The number of fused-ring (bicyclic) bond motifs is 1. The molecular weight excluding hydrogens is 264 g/mol. The van der Waals surface area contributed by atoms with E-state index < -0.39 is 0 Å². The standard InChI is InChI=1S/C17H16N2O2/c20-17(14-8-9-16-15(11-14)19-12-21-16)18-10-4-7-13-5-2-1-3-6-13/h1-3,5-6,8-9,11-12H,4,7,10H2,(H,18,20). The molecule has 3 rings (SSSR count). The van der Waals surface area contributed by atoms with Crippen LogP contribution in [0.15, 0.2) is 59.3 Å². The predicted octanol–water partition coefficient (Wildman–Crippen LogP) is 3.19. The number of oxazole rings is 1. The molecular formula is C17H16N2O2. The van der Waals surface area contributed by atoms with Gasteiger partial charge < -0.3 is 9.73 Å². The van der Waals surface area contributed by atoms with Crippen LogP contribution in [-0.2, 0) is 6.42 Å². The first-order chi connectivity index (χ1) is 10.3. The van der Waals surface area contributed by atoms with E-state index in [1.165, 1.54) is 12.0 Å². The van der Waals surface area contributed by atoms with E-state index >= 15 is 0 Å². The summed E-state index contributed by atoms with van der Waals surface area (Å²) < 4.78 is 5.16. The number of aryl methyl sites for hydroxylation is 1. The third kappa shape index (κ3) is 3.28. The molecule has 0 bridgehead atoms. The Hall–Kier alpha value is -2.62. The van der Waals surface area contributed by atoms with E-state index in [0.29, 0.717) is 23.2 Å². The van der Waals surface area contributed by atoms with E-state index in [9.17, 15) is 4.79 Å². The maximum Gasteiger partial charge on any atom is 0.251 e. The van der Waals surface area contributed by atoms with Gasteiger partial charge in [0.25, 0.3) is 5.91 Å². The fourth-order valence-electron chi connectivity index (χ4n) is 2.24. The van der Waals surface area contributed by atoms with E-state index in [2.05, 4.69) is 22.4 Å². The zero-order valence-corrected chi connectivity index (χ0v) is 11.6. The number of carbonyl (C=O) groups is 1. The fraction of sp³-hybridized carbons (Fsp3) is 0.176. The SMILES string of the molecule is O=C(NCCCc1ccccc1)c1ccc2ocnc2c1. The summed E-state index contributed by atoms with van der Waals surface area (Å²) in [4.78, 5) is 16.1. The van der Waals surface area contributed by atoms with E-state index in [4.69, 9.17) is 4.42 Å². The van der Waals surface area contributed by atoms with Crippen LogP contribution < -0.4 is 5.32 Å². The first-order valence-corrected chi connectivity index (χ1v) is 6.98. The van der Waals surface area contributed by atoms with Crippen LogP contribution in [0, 0.1) is 0 Å². The highest BCUT2D eigenvalue weighted by atomic mass is 16.3. The topological polar surface area (TPSA) is 55.1 Å². The summed E-state index contributed by atoms with van der Waals surface area (Å²) in [5, 5.41) is 2.93. The molecule has 0 aliphatic carbocycles. The van der Waals surface area contributed by atoms with Crippen LogP contribution in [0.2, 0.25) is 0 Å². The van der Waals surface area contributed by atoms with Crippen LogP contribution in [0.3, 0.4) is 0 Å². The zero-order chi connectivity index (χ0) is 14.5. The van der Waals surface area contributed by atoms with Crippen molar-refractivity contribution < 1.29 is 9.21 Å². The summed E-state index contributed by atoms with van der Waals surface area (Å²) in [6.45, 7) is 0.657. The first kappa shape index (κ1) is 13.4. The van der Waals surface area contributed by atoms with E-state index in [1.54, 1.807) is 18.2 Å². The Kier molecular flexibility index (Phi) is 3.96. The summed E-state index contributed by atoms with van der Waals surface area (Å²) in [5.41, 5.74) is 3.29. The number of benzene rings is 2. The van der Waals surface area contributed by atoms with Crippen molar-refractivity contribution in [1.82, 2.24) is 10.3 Å². The van der Waals surface area contributed by atoms with Crippen LogP contribution in [0.25, 0.3) is 11.1 Å². The average Bonchev–Trinajstić information content (AvgIpc) is 3.00. The number of nitrogens with zero attached hydrogens (tertiary/aromatic N) is 1. The van der Waals surface area contributed by atoms with Crippen molar-refractivity contribution in [2.45, 2.75) is 12.8 Å². The maximum atomic E-state index is 12.1. The van der Waals surface area contributed by atoms with Gasteiger partial charge in [0.15, 0.2) is 12.0 Å². The van der Waals surface area contributed by atoms with Crippen molar-refractivity contribution in [3.63, 3.8) is 0 Å². The molecule has 0 spiro atoms. The number of rotatable bonds is 5. The Morgan fingerprint density at radius 2 is 2.00 bits per heavy atom. The molecule has 4 nitrogen and oxygen atoms in total. The molecule has 0 fully saturated rings. The van der Waals surface area contributed by atoms with E-state index in [1.807, 2.05) is 18.2 Å². The van der Waals surface area contributed by atoms with Crippen molar-refractivity contribution in [3.05, 3.63) is 66.1 Å². The molecule has 1 heterocycles. The Morgan fingerprint density at radius 1 is 1.14 bits per heavy atom. The molecule has 0 saturated carbocycles. The highest BCUT2D eigenvalue weighted by Crippen LogP contribution is 2.14. The monoisotopic (exact) mass is 280 g/mol. The van der Waals surface area contributed by atoms with Gasteiger partial charge in [0, 0.05) is 12.1 Å². The van der Waals surface area contributed by atoms with Crippen LogP contribution in [0.5, 0.6) is 0 Å². The highest BCUT2D eigenvalue weighted by molar-refractivity contribution is 5.96. The summed E-state index contributed by atoms with van der Waals surface area (Å²) in [6, 6.07) is 15.5. The average molecular weight is 280 g/mol. The summed E-state index contributed by atoms with van der Waals surface area (Å²) in [7, 11) is 0. The van der Waals surface area contributed by atoms with Crippen LogP contribution in [0.1, 0.15) is 22.3 Å². The second kappa shape index (κ2) is 6.22. The van der Waals surface area contributed by atoms with Crippen molar-refractivity contribution >= 4 is 17.0 Å². The van der Waals surface area contributed by atoms with Gasteiger partial charge in [-0.1, -0.05) is 30.3 Å². The van der Waals surface area contributed by atoms with Gasteiger partial charge in [0.1, 0.15) is 5.52 Å². The third-order valence-electron chi connectivity index (χ3n) is 3.36. The van der Waals surface area contributed by atoms with Crippen molar-refractivity contribution in [3.8, 4) is 0 Å². The molecule has 1 N–H and O–H groups in total. The van der Waals surface area contributed by atoms with Gasteiger partial charge in [-0.3, -0.25) is 4.79 Å². The van der Waals surface area contributed by atoms with Gasteiger partial charge in [-0.25, -0.2) is 4.98 Å². The molecule has 0 atom stereocenters. The molecule has 2 aromatic carbocycles. The van der Waals surface area contributed by atoms with Crippen molar-refractivity contribution in [2.24, 2.45) is 0 Å². The van der Waals surface area contributed by atoms with Gasteiger partial charge in [-0.2, -0.15) is 0 Å². The molecule has 106 valence electrons.